The highest BCUT2D eigenvalue weighted by Crippen LogP contribution is 2.31. The van der Waals surface area contributed by atoms with Crippen LogP contribution in [0.4, 0.5) is 4.39 Å². The van der Waals surface area contributed by atoms with Gasteiger partial charge in [0, 0.05) is 12.0 Å². The molecule has 5 heteroatoms. The fourth-order valence-electron chi connectivity index (χ4n) is 2.93. The van der Waals surface area contributed by atoms with Crippen molar-refractivity contribution in [2.24, 2.45) is 0 Å². The number of benzene rings is 1. The van der Waals surface area contributed by atoms with E-state index in [9.17, 15) is 14.3 Å². The predicted molar refractivity (Wildman–Crippen MR) is 70.9 cm³/mol. The lowest BCUT2D eigenvalue weighted by Crippen LogP contribution is -2.49. The van der Waals surface area contributed by atoms with Gasteiger partial charge in [-0.25, -0.2) is 4.39 Å². The van der Waals surface area contributed by atoms with E-state index in [1.54, 1.807) is 12.1 Å². The highest BCUT2D eigenvalue weighted by Gasteiger charge is 2.33. The number of carbonyl (C=O) groups is 1. The standard InChI is InChI=1S/C15H18FNO3/c16-10-5-3-4-9-8-13(20-14(9)10)15(19)17-11-6-1-2-7-12(11)18/h3-5,11-13,18H,1-2,6-8H2,(H,17,19). The molecule has 0 radical (unpaired) electrons. The van der Waals surface area contributed by atoms with E-state index in [0.717, 1.165) is 19.3 Å². The molecule has 1 aromatic rings. The Morgan fingerprint density at radius 1 is 1.35 bits per heavy atom. The second-order valence-corrected chi connectivity index (χ2v) is 5.51. The Hall–Kier alpha value is -1.62. The van der Waals surface area contributed by atoms with Crippen molar-refractivity contribution in [2.45, 2.75) is 50.4 Å². The molecular formula is C15H18FNO3. The van der Waals surface area contributed by atoms with Crippen molar-refractivity contribution in [2.75, 3.05) is 0 Å². The van der Waals surface area contributed by atoms with Gasteiger partial charge in [0.15, 0.2) is 17.7 Å². The number of ether oxygens (including phenoxy) is 1. The molecule has 0 bridgehead atoms. The number of para-hydroxylation sites is 1. The third-order valence-corrected chi connectivity index (χ3v) is 4.06. The van der Waals surface area contributed by atoms with Crippen molar-refractivity contribution >= 4 is 5.91 Å². The van der Waals surface area contributed by atoms with Crippen LogP contribution in [-0.2, 0) is 11.2 Å². The first-order valence-electron chi connectivity index (χ1n) is 7.07. The van der Waals surface area contributed by atoms with Gasteiger partial charge in [-0.15, -0.1) is 0 Å². The maximum atomic E-state index is 13.6. The Bertz CT molecular complexity index is 520. The maximum Gasteiger partial charge on any atom is 0.261 e. The van der Waals surface area contributed by atoms with E-state index in [4.69, 9.17) is 4.74 Å². The predicted octanol–water partition coefficient (Wildman–Crippen LogP) is 1.55. The zero-order valence-electron chi connectivity index (χ0n) is 11.1. The molecule has 2 N–H and O–H groups in total. The van der Waals surface area contributed by atoms with Crippen molar-refractivity contribution in [3.8, 4) is 5.75 Å². The minimum Gasteiger partial charge on any atom is -0.477 e. The number of nitrogens with one attached hydrogen (secondary N) is 1. The first kappa shape index (κ1) is 13.4. The average molecular weight is 279 g/mol. The summed E-state index contributed by atoms with van der Waals surface area (Å²) >= 11 is 0. The van der Waals surface area contributed by atoms with E-state index >= 15 is 0 Å². The van der Waals surface area contributed by atoms with Gasteiger partial charge in [0.1, 0.15) is 0 Å². The lowest BCUT2D eigenvalue weighted by Gasteiger charge is -2.29. The van der Waals surface area contributed by atoms with Gasteiger partial charge in [-0.1, -0.05) is 25.0 Å². The van der Waals surface area contributed by atoms with Gasteiger partial charge in [-0.05, 0) is 18.9 Å². The van der Waals surface area contributed by atoms with Crippen molar-refractivity contribution in [1.82, 2.24) is 5.32 Å². The maximum absolute atomic E-state index is 13.6. The van der Waals surface area contributed by atoms with Crippen molar-refractivity contribution in [3.63, 3.8) is 0 Å². The number of hydrogen-bond donors (Lipinski definition) is 2. The molecule has 3 unspecified atom stereocenters. The molecule has 3 rings (SSSR count). The quantitative estimate of drug-likeness (QED) is 0.863. The molecule has 4 nitrogen and oxygen atoms in total. The Morgan fingerprint density at radius 2 is 2.15 bits per heavy atom. The van der Waals surface area contributed by atoms with Gasteiger partial charge in [0.25, 0.3) is 5.91 Å². The van der Waals surface area contributed by atoms with Gasteiger partial charge in [-0.2, -0.15) is 0 Å². The summed E-state index contributed by atoms with van der Waals surface area (Å²) in [7, 11) is 0. The minimum absolute atomic E-state index is 0.178. The molecular weight excluding hydrogens is 261 g/mol. The number of halogens is 1. The van der Waals surface area contributed by atoms with Crippen LogP contribution in [0.3, 0.4) is 0 Å². The summed E-state index contributed by atoms with van der Waals surface area (Å²) in [6, 6.07) is 4.49. The molecule has 20 heavy (non-hydrogen) atoms. The van der Waals surface area contributed by atoms with Crippen LogP contribution in [0.25, 0.3) is 0 Å². The Kier molecular flexibility index (Phi) is 3.61. The summed E-state index contributed by atoms with van der Waals surface area (Å²) in [5.41, 5.74) is 0.717. The molecule has 0 aromatic heterocycles. The molecule has 1 amide bonds. The van der Waals surface area contributed by atoms with Crippen LogP contribution in [0, 0.1) is 5.82 Å². The summed E-state index contributed by atoms with van der Waals surface area (Å²) in [6.07, 6.45) is 2.67. The van der Waals surface area contributed by atoms with Crippen molar-refractivity contribution in [1.29, 1.82) is 0 Å². The van der Waals surface area contributed by atoms with Crippen LogP contribution < -0.4 is 10.1 Å². The smallest absolute Gasteiger partial charge is 0.261 e. The van der Waals surface area contributed by atoms with E-state index in [1.807, 2.05) is 0 Å². The van der Waals surface area contributed by atoms with Crippen LogP contribution in [0.2, 0.25) is 0 Å². The summed E-state index contributed by atoms with van der Waals surface area (Å²) in [5, 5.41) is 12.7. The Morgan fingerprint density at radius 3 is 2.90 bits per heavy atom. The van der Waals surface area contributed by atoms with Crippen molar-refractivity contribution in [3.05, 3.63) is 29.6 Å². The third kappa shape index (κ3) is 2.50. The molecule has 1 aromatic carbocycles. The van der Waals surface area contributed by atoms with Gasteiger partial charge in [0.2, 0.25) is 0 Å². The second kappa shape index (κ2) is 5.40. The largest absolute Gasteiger partial charge is 0.477 e. The minimum atomic E-state index is -0.698. The Labute approximate surface area is 116 Å². The van der Waals surface area contributed by atoms with Crippen LogP contribution in [0.1, 0.15) is 31.2 Å². The fraction of sp³-hybridized carbons (Fsp3) is 0.533. The molecule has 0 spiro atoms. The normalized spacial score (nSPS) is 28.6. The number of fused-ring (bicyclic) bond motifs is 1. The van der Waals surface area contributed by atoms with E-state index in [1.165, 1.54) is 6.07 Å². The fourth-order valence-corrected chi connectivity index (χ4v) is 2.93. The molecule has 1 aliphatic carbocycles. The number of hydrogen-bond acceptors (Lipinski definition) is 3. The topological polar surface area (TPSA) is 58.6 Å². The first-order chi connectivity index (χ1) is 9.65. The zero-order chi connectivity index (χ0) is 14.1. The molecule has 1 saturated carbocycles. The molecule has 0 saturated heterocycles. The van der Waals surface area contributed by atoms with E-state index in [2.05, 4.69) is 5.32 Å². The van der Waals surface area contributed by atoms with Crippen molar-refractivity contribution < 1.29 is 19.0 Å². The third-order valence-electron chi connectivity index (χ3n) is 4.06. The number of rotatable bonds is 2. The van der Waals surface area contributed by atoms with E-state index in [0.29, 0.717) is 18.4 Å². The zero-order valence-corrected chi connectivity index (χ0v) is 11.1. The molecule has 1 heterocycles. The monoisotopic (exact) mass is 279 g/mol. The molecule has 2 aliphatic rings. The lowest BCUT2D eigenvalue weighted by atomic mass is 9.92. The average Bonchev–Trinajstić information content (AvgIpc) is 2.87. The summed E-state index contributed by atoms with van der Waals surface area (Å²) < 4.78 is 19.0. The SMILES string of the molecule is O=C(NC1CCCCC1O)C1Cc2cccc(F)c2O1. The highest BCUT2D eigenvalue weighted by atomic mass is 19.1. The molecule has 3 atom stereocenters. The van der Waals surface area contributed by atoms with E-state index in [-0.39, 0.29) is 17.7 Å². The number of aliphatic hydroxyl groups is 1. The summed E-state index contributed by atoms with van der Waals surface area (Å²) in [6.45, 7) is 0. The van der Waals surface area contributed by atoms with Gasteiger partial charge >= 0.3 is 0 Å². The molecule has 1 aliphatic heterocycles. The number of aliphatic hydroxyl groups excluding tert-OH is 1. The lowest BCUT2D eigenvalue weighted by molar-refractivity contribution is -0.129. The second-order valence-electron chi connectivity index (χ2n) is 5.51. The number of carbonyl (C=O) groups excluding carboxylic acids is 1. The van der Waals surface area contributed by atoms with Gasteiger partial charge < -0.3 is 15.2 Å². The molecule has 1 fully saturated rings. The van der Waals surface area contributed by atoms with Crippen LogP contribution >= 0.6 is 0 Å². The van der Waals surface area contributed by atoms with Gasteiger partial charge in [-0.3, -0.25) is 4.79 Å². The molecule has 108 valence electrons. The van der Waals surface area contributed by atoms with Crippen LogP contribution in [0.15, 0.2) is 18.2 Å². The van der Waals surface area contributed by atoms with Crippen LogP contribution in [0.5, 0.6) is 5.75 Å². The number of amides is 1. The van der Waals surface area contributed by atoms with Crippen LogP contribution in [-0.4, -0.2) is 29.3 Å². The van der Waals surface area contributed by atoms with E-state index < -0.39 is 18.0 Å². The summed E-state index contributed by atoms with van der Waals surface area (Å²) in [5.74, 6) is -0.529. The highest BCUT2D eigenvalue weighted by molar-refractivity contribution is 5.82. The Balaban J connectivity index is 1.64. The van der Waals surface area contributed by atoms with Gasteiger partial charge in [0.05, 0.1) is 12.1 Å². The first-order valence-corrected chi connectivity index (χ1v) is 7.07. The summed E-state index contributed by atoms with van der Waals surface area (Å²) in [4.78, 5) is 12.2.